The Morgan fingerprint density at radius 2 is 2.11 bits per heavy atom. The van der Waals surface area contributed by atoms with Crippen LogP contribution in [0.5, 0.6) is 11.5 Å². The normalized spacial score (nSPS) is 10.2. The van der Waals surface area contributed by atoms with Crippen LogP contribution in [0, 0.1) is 0 Å². The summed E-state index contributed by atoms with van der Waals surface area (Å²) in [6, 6.07) is 5.54. The zero-order chi connectivity index (χ0) is 14.1. The maximum atomic E-state index is 10.7. The topological polar surface area (TPSA) is 82.8 Å². The maximum Gasteiger partial charge on any atom is 0.255 e. The Bertz CT molecular complexity index is 410. The van der Waals surface area contributed by atoms with E-state index in [0.29, 0.717) is 24.7 Å². The van der Waals surface area contributed by atoms with Gasteiger partial charge in [-0.15, -0.1) is 0 Å². The Balaban J connectivity index is 2.63. The molecule has 0 saturated carbocycles. The van der Waals surface area contributed by atoms with Crippen molar-refractivity contribution >= 4 is 5.91 Å². The molecule has 106 valence electrons. The highest BCUT2D eigenvalue weighted by Gasteiger charge is 2.07. The molecule has 0 unspecified atom stereocenters. The van der Waals surface area contributed by atoms with E-state index in [9.17, 15) is 4.79 Å². The number of nitrogens with two attached hydrogens (primary N) is 1. The largest absolute Gasteiger partial charge is 0.493 e. The number of rotatable bonds is 9. The van der Waals surface area contributed by atoms with Crippen LogP contribution in [0.2, 0.25) is 0 Å². The number of methoxy groups -OCH3 is 2. The average molecular weight is 268 g/mol. The lowest BCUT2D eigenvalue weighted by molar-refractivity contribution is -0.119. The van der Waals surface area contributed by atoms with Gasteiger partial charge < -0.3 is 25.3 Å². The molecule has 0 atom stereocenters. The molecule has 1 amide bonds. The van der Waals surface area contributed by atoms with Crippen LogP contribution in [0.1, 0.15) is 5.56 Å². The molecule has 1 rings (SSSR count). The van der Waals surface area contributed by atoms with Gasteiger partial charge in [0.15, 0.2) is 18.1 Å². The first-order chi connectivity index (χ1) is 9.17. The van der Waals surface area contributed by atoms with E-state index >= 15 is 0 Å². The van der Waals surface area contributed by atoms with Gasteiger partial charge in [-0.05, 0) is 17.7 Å². The minimum Gasteiger partial charge on any atom is -0.493 e. The average Bonchev–Trinajstić information content (AvgIpc) is 2.41. The zero-order valence-electron chi connectivity index (χ0n) is 11.3. The van der Waals surface area contributed by atoms with Gasteiger partial charge >= 0.3 is 0 Å². The van der Waals surface area contributed by atoms with Crippen molar-refractivity contribution in [1.82, 2.24) is 5.32 Å². The Labute approximate surface area is 112 Å². The molecule has 0 aliphatic rings. The molecule has 6 nitrogen and oxygen atoms in total. The van der Waals surface area contributed by atoms with Gasteiger partial charge in [0, 0.05) is 20.2 Å². The fraction of sp³-hybridized carbons (Fsp3) is 0.462. The first kappa shape index (κ1) is 15.3. The van der Waals surface area contributed by atoms with Gasteiger partial charge in [0.2, 0.25) is 0 Å². The summed E-state index contributed by atoms with van der Waals surface area (Å²) in [6.45, 7) is 1.93. The third-order valence-electron chi connectivity index (χ3n) is 2.41. The maximum absolute atomic E-state index is 10.7. The smallest absolute Gasteiger partial charge is 0.255 e. The van der Waals surface area contributed by atoms with Crippen LogP contribution in [0.4, 0.5) is 0 Å². The van der Waals surface area contributed by atoms with Crippen LogP contribution in [0.3, 0.4) is 0 Å². The summed E-state index contributed by atoms with van der Waals surface area (Å²) in [4.78, 5) is 10.7. The monoisotopic (exact) mass is 268 g/mol. The summed E-state index contributed by atoms with van der Waals surface area (Å²) in [5.41, 5.74) is 6.08. The molecule has 0 heterocycles. The zero-order valence-corrected chi connectivity index (χ0v) is 11.3. The first-order valence-corrected chi connectivity index (χ1v) is 5.95. The first-order valence-electron chi connectivity index (χ1n) is 5.95. The third-order valence-corrected chi connectivity index (χ3v) is 2.41. The van der Waals surface area contributed by atoms with Crippen molar-refractivity contribution < 1.29 is 19.0 Å². The molecule has 0 radical (unpaired) electrons. The van der Waals surface area contributed by atoms with Crippen LogP contribution in [-0.2, 0) is 16.1 Å². The standard InChI is InChI=1S/C13H20N2O4/c1-17-6-5-15-8-10-3-4-11(18-2)12(7-10)19-9-13(14)16/h3-4,7,15H,5-6,8-9H2,1-2H3,(H2,14,16). The highest BCUT2D eigenvalue weighted by molar-refractivity contribution is 5.75. The molecule has 1 aromatic rings. The Kier molecular flexibility index (Phi) is 6.70. The van der Waals surface area contributed by atoms with Gasteiger partial charge in [0.1, 0.15) is 0 Å². The second-order valence-corrected chi connectivity index (χ2v) is 3.91. The van der Waals surface area contributed by atoms with Crippen molar-refractivity contribution in [3.05, 3.63) is 23.8 Å². The second kappa shape index (κ2) is 8.34. The van der Waals surface area contributed by atoms with E-state index in [4.69, 9.17) is 19.9 Å². The summed E-state index contributed by atoms with van der Waals surface area (Å²) in [5, 5.41) is 3.22. The van der Waals surface area contributed by atoms with Crippen LogP contribution in [0.25, 0.3) is 0 Å². The third kappa shape index (κ3) is 5.58. The Morgan fingerprint density at radius 3 is 2.74 bits per heavy atom. The number of carbonyl (C=O) groups is 1. The summed E-state index contributed by atoms with van der Waals surface area (Å²) < 4.78 is 15.4. The van der Waals surface area contributed by atoms with E-state index in [2.05, 4.69) is 5.32 Å². The van der Waals surface area contributed by atoms with Gasteiger partial charge in [-0.3, -0.25) is 4.79 Å². The number of nitrogens with one attached hydrogen (secondary N) is 1. The summed E-state index contributed by atoms with van der Waals surface area (Å²) in [5.74, 6) is 0.555. The Hall–Kier alpha value is -1.79. The molecule has 3 N–H and O–H groups in total. The van der Waals surface area contributed by atoms with E-state index in [1.54, 1.807) is 20.3 Å². The van der Waals surface area contributed by atoms with Crippen molar-refractivity contribution in [2.45, 2.75) is 6.54 Å². The molecule has 0 bridgehead atoms. The molecular weight excluding hydrogens is 248 g/mol. The lowest BCUT2D eigenvalue weighted by atomic mass is 10.2. The van der Waals surface area contributed by atoms with E-state index in [1.807, 2.05) is 12.1 Å². The molecule has 0 fully saturated rings. The van der Waals surface area contributed by atoms with Crippen molar-refractivity contribution in [3.63, 3.8) is 0 Å². The number of primary amides is 1. The molecule has 0 aliphatic carbocycles. The quantitative estimate of drug-likeness (QED) is 0.629. The second-order valence-electron chi connectivity index (χ2n) is 3.91. The van der Waals surface area contributed by atoms with Crippen LogP contribution in [-0.4, -0.2) is 39.9 Å². The number of hydrogen-bond donors (Lipinski definition) is 2. The van der Waals surface area contributed by atoms with Crippen LogP contribution >= 0.6 is 0 Å². The number of carbonyl (C=O) groups excluding carboxylic acids is 1. The molecular formula is C13H20N2O4. The van der Waals surface area contributed by atoms with E-state index < -0.39 is 5.91 Å². The molecule has 6 heteroatoms. The fourth-order valence-electron chi connectivity index (χ4n) is 1.50. The van der Waals surface area contributed by atoms with E-state index in [-0.39, 0.29) is 6.61 Å². The van der Waals surface area contributed by atoms with E-state index in [0.717, 1.165) is 12.1 Å². The summed E-state index contributed by atoms with van der Waals surface area (Å²) in [7, 11) is 3.20. The van der Waals surface area contributed by atoms with Gasteiger partial charge in [-0.2, -0.15) is 0 Å². The van der Waals surface area contributed by atoms with Crippen molar-refractivity contribution in [2.75, 3.05) is 34.0 Å². The lowest BCUT2D eigenvalue weighted by Crippen LogP contribution is -2.20. The van der Waals surface area contributed by atoms with Gasteiger partial charge in [0.25, 0.3) is 5.91 Å². The minimum atomic E-state index is -0.523. The van der Waals surface area contributed by atoms with Crippen LogP contribution < -0.4 is 20.5 Å². The minimum absolute atomic E-state index is 0.170. The Morgan fingerprint density at radius 1 is 1.32 bits per heavy atom. The van der Waals surface area contributed by atoms with Gasteiger partial charge in [0.05, 0.1) is 13.7 Å². The highest BCUT2D eigenvalue weighted by Crippen LogP contribution is 2.27. The van der Waals surface area contributed by atoms with E-state index in [1.165, 1.54) is 0 Å². The number of benzene rings is 1. The predicted molar refractivity (Wildman–Crippen MR) is 71.3 cm³/mol. The molecule has 19 heavy (non-hydrogen) atoms. The molecule has 0 aromatic heterocycles. The van der Waals surface area contributed by atoms with Crippen molar-refractivity contribution in [2.24, 2.45) is 5.73 Å². The number of ether oxygens (including phenoxy) is 3. The fourth-order valence-corrected chi connectivity index (χ4v) is 1.50. The molecule has 1 aromatic carbocycles. The van der Waals surface area contributed by atoms with Gasteiger partial charge in [-0.1, -0.05) is 6.07 Å². The number of hydrogen-bond acceptors (Lipinski definition) is 5. The lowest BCUT2D eigenvalue weighted by Gasteiger charge is -2.11. The summed E-state index contributed by atoms with van der Waals surface area (Å²) in [6.07, 6.45) is 0. The van der Waals surface area contributed by atoms with Crippen LogP contribution in [0.15, 0.2) is 18.2 Å². The predicted octanol–water partition coefficient (Wildman–Crippen LogP) is 0.295. The van der Waals surface area contributed by atoms with Gasteiger partial charge in [-0.25, -0.2) is 0 Å². The highest BCUT2D eigenvalue weighted by atomic mass is 16.5. The molecule has 0 aliphatic heterocycles. The summed E-state index contributed by atoms with van der Waals surface area (Å²) >= 11 is 0. The molecule has 0 saturated heterocycles. The molecule has 0 spiro atoms. The SMILES string of the molecule is COCCNCc1ccc(OC)c(OCC(N)=O)c1. The number of amides is 1. The van der Waals surface area contributed by atoms with Crippen molar-refractivity contribution in [1.29, 1.82) is 0 Å². The van der Waals surface area contributed by atoms with Crippen molar-refractivity contribution in [3.8, 4) is 11.5 Å².